The highest BCUT2D eigenvalue weighted by atomic mass is 79.9. The van der Waals surface area contributed by atoms with E-state index >= 15 is 0 Å². The average Bonchev–Trinajstić information content (AvgIpc) is 3.11. The Morgan fingerprint density at radius 3 is 2.67 bits per heavy atom. The Bertz CT molecular complexity index is 740. The van der Waals surface area contributed by atoms with Crippen LogP contribution in [0.15, 0.2) is 50.4 Å². The molecule has 0 atom stereocenters. The number of hydrogen-bond donors (Lipinski definition) is 1. The van der Waals surface area contributed by atoms with E-state index in [0.29, 0.717) is 15.9 Å². The number of rotatable bonds is 5. The van der Waals surface area contributed by atoms with Gasteiger partial charge in [-0.1, -0.05) is 0 Å². The zero-order valence-corrected chi connectivity index (χ0v) is 13.6. The van der Waals surface area contributed by atoms with Crippen LogP contribution >= 0.6 is 15.9 Å². The predicted molar refractivity (Wildman–Crippen MR) is 83.0 cm³/mol. The molecule has 1 aliphatic carbocycles. The number of halogens is 1. The van der Waals surface area contributed by atoms with Gasteiger partial charge in [-0.2, -0.15) is 4.31 Å². The Morgan fingerprint density at radius 1 is 1.33 bits per heavy atom. The van der Waals surface area contributed by atoms with Crippen LogP contribution in [-0.4, -0.2) is 18.8 Å². The minimum Gasteiger partial charge on any atom is -0.468 e. The summed E-state index contributed by atoms with van der Waals surface area (Å²) in [6, 6.07) is 8.31. The lowest BCUT2D eigenvalue weighted by molar-refractivity contribution is 0.356. The van der Waals surface area contributed by atoms with Gasteiger partial charge in [0.25, 0.3) is 0 Å². The van der Waals surface area contributed by atoms with Crippen molar-refractivity contribution in [3.05, 3.63) is 46.8 Å². The van der Waals surface area contributed by atoms with Crippen molar-refractivity contribution in [1.29, 1.82) is 0 Å². The molecule has 1 saturated carbocycles. The number of sulfonamides is 1. The van der Waals surface area contributed by atoms with Crippen LogP contribution in [-0.2, 0) is 16.6 Å². The summed E-state index contributed by atoms with van der Waals surface area (Å²) in [5.41, 5.74) is 6.19. The lowest BCUT2D eigenvalue weighted by Crippen LogP contribution is -2.32. The van der Waals surface area contributed by atoms with Gasteiger partial charge in [0.2, 0.25) is 10.0 Å². The molecule has 3 rings (SSSR count). The van der Waals surface area contributed by atoms with Crippen molar-refractivity contribution in [2.75, 3.05) is 5.73 Å². The first-order valence-corrected chi connectivity index (χ1v) is 8.81. The summed E-state index contributed by atoms with van der Waals surface area (Å²) >= 11 is 3.29. The SMILES string of the molecule is Nc1ccc(S(=O)(=O)N(Cc2ccco2)C2CC2)c(Br)c1. The van der Waals surface area contributed by atoms with Gasteiger partial charge in [-0.15, -0.1) is 0 Å². The van der Waals surface area contributed by atoms with Gasteiger partial charge < -0.3 is 10.2 Å². The molecule has 0 unspecified atom stereocenters. The predicted octanol–water partition coefficient (Wildman–Crippen LogP) is 2.98. The lowest BCUT2D eigenvalue weighted by atomic mass is 10.3. The Morgan fingerprint density at radius 2 is 2.10 bits per heavy atom. The molecule has 7 heteroatoms. The van der Waals surface area contributed by atoms with E-state index in [1.54, 1.807) is 30.5 Å². The Kier molecular flexibility index (Phi) is 3.81. The number of nitrogens with two attached hydrogens (primary N) is 1. The zero-order chi connectivity index (χ0) is 15.0. The second kappa shape index (κ2) is 5.47. The number of nitrogen functional groups attached to an aromatic ring is 1. The number of hydrogen-bond acceptors (Lipinski definition) is 4. The Balaban J connectivity index is 1.97. The minimum atomic E-state index is -3.59. The monoisotopic (exact) mass is 370 g/mol. The molecule has 0 radical (unpaired) electrons. The normalized spacial score (nSPS) is 15.5. The second-order valence-corrected chi connectivity index (χ2v) is 7.76. The molecule has 0 spiro atoms. The number of anilines is 1. The van der Waals surface area contributed by atoms with Gasteiger partial charge in [-0.25, -0.2) is 8.42 Å². The summed E-state index contributed by atoms with van der Waals surface area (Å²) in [5, 5.41) is 0. The Labute approximate surface area is 131 Å². The van der Waals surface area contributed by atoms with Gasteiger partial charge in [0.1, 0.15) is 5.76 Å². The molecule has 2 aromatic rings. The van der Waals surface area contributed by atoms with Crippen molar-refractivity contribution in [3.63, 3.8) is 0 Å². The maximum absolute atomic E-state index is 12.9. The maximum atomic E-state index is 12.9. The van der Waals surface area contributed by atoms with E-state index < -0.39 is 10.0 Å². The van der Waals surface area contributed by atoms with Crippen molar-refractivity contribution in [1.82, 2.24) is 4.31 Å². The fraction of sp³-hybridized carbons (Fsp3) is 0.286. The summed E-state index contributed by atoms with van der Waals surface area (Å²) < 4.78 is 33.0. The summed E-state index contributed by atoms with van der Waals surface area (Å²) in [7, 11) is -3.59. The lowest BCUT2D eigenvalue weighted by Gasteiger charge is -2.21. The zero-order valence-electron chi connectivity index (χ0n) is 11.2. The smallest absolute Gasteiger partial charge is 0.244 e. The molecule has 2 N–H and O–H groups in total. The van der Waals surface area contributed by atoms with Crippen LogP contribution in [0, 0.1) is 0 Å². The van der Waals surface area contributed by atoms with Gasteiger partial charge >= 0.3 is 0 Å². The first-order chi connectivity index (χ1) is 9.98. The molecule has 1 aromatic carbocycles. The fourth-order valence-corrected chi connectivity index (χ4v) is 4.89. The van der Waals surface area contributed by atoms with Crippen LogP contribution in [0.25, 0.3) is 0 Å². The van der Waals surface area contributed by atoms with Gasteiger partial charge in [-0.3, -0.25) is 0 Å². The molecule has 0 aliphatic heterocycles. The van der Waals surface area contributed by atoms with E-state index in [1.807, 2.05) is 0 Å². The highest BCUT2D eigenvalue weighted by Crippen LogP contribution is 2.36. The highest BCUT2D eigenvalue weighted by Gasteiger charge is 2.39. The first kappa shape index (κ1) is 14.6. The largest absolute Gasteiger partial charge is 0.468 e. The van der Waals surface area contributed by atoms with Crippen molar-refractivity contribution in [2.45, 2.75) is 30.3 Å². The average molecular weight is 371 g/mol. The molecule has 0 saturated heterocycles. The third-order valence-electron chi connectivity index (χ3n) is 3.39. The maximum Gasteiger partial charge on any atom is 0.244 e. The fourth-order valence-electron chi connectivity index (χ4n) is 2.18. The van der Waals surface area contributed by atoms with Crippen LogP contribution < -0.4 is 5.73 Å². The van der Waals surface area contributed by atoms with Gasteiger partial charge in [-0.05, 0) is 59.1 Å². The Hall–Kier alpha value is -1.31. The van der Waals surface area contributed by atoms with Crippen molar-refractivity contribution in [3.8, 4) is 0 Å². The first-order valence-electron chi connectivity index (χ1n) is 6.58. The van der Waals surface area contributed by atoms with E-state index in [-0.39, 0.29) is 17.5 Å². The number of nitrogens with zero attached hydrogens (tertiary/aromatic N) is 1. The highest BCUT2D eigenvalue weighted by molar-refractivity contribution is 9.10. The van der Waals surface area contributed by atoms with Crippen molar-refractivity contribution < 1.29 is 12.8 Å². The molecule has 21 heavy (non-hydrogen) atoms. The molecule has 1 heterocycles. The van der Waals surface area contributed by atoms with Crippen LogP contribution in [0.4, 0.5) is 5.69 Å². The third kappa shape index (κ3) is 3.00. The molecule has 1 aromatic heterocycles. The molecule has 5 nitrogen and oxygen atoms in total. The van der Waals surface area contributed by atoms with Crippen LogP contribution in [0.2, 0.25) is 0 Å². The second-order valence-electron chi connectivity index (χ2n) is 5.05. The standard InChI is InChI=1S/C14H15BrN2O3S/c15-13-8-10(16)3-6-14(13)21(18,19)17(11-4-5-11)9-12-2-1-7-20-12/h1-3,6-8,11H,4-5,9,16H2. The number of benzene rings is 1. The van der Waals surface area contributed by atoms with Crippen LogP contribution in [0.3, 0.4) is 0 Å². The van der Waals surface area contributed by atoms with Gasteiger partial charge in [0.05, 0.1) is 17.7 Å². The van der Waals surface area contributed by atoms with E-state index in [2.05, 4.69) is 15.9 Å². The van der Waals surface area contributed by atoms with E-state index in [9.17, 15) is 8.42 Å². The quantitative estimate of drug-likeness (QED) is 0.820. The summed E-state index contributed by atoms with van der Waals surface area (Å²) in [6.45, 7) is 0.247. The molecule has 1 fully saturated rings. The summed E-state index contributed by atoms with van der Waals surface area (Å²) in [4.78, 5) is 0.232. The van der Waals surface area contributed by atoms with E-state index in [0.717, 1.165) is 12.8 Å². The molecular weight excluding hydrogens is 356 g/mol. The van der Waals surface area contributed by atoms with Gasteiger partial charge in [0.15, 0.2) is 0 Å². The summed E-state index contributed by atoms with van der Waals surface area (Å²) in [5.74, 6) is 0.636. The minimum absolute atomic E-state index is 0.0459. The summed E-state index contributed by atoms with van der Waals surface area (Å²) in [6.07, 6.45) is 3.31. The van der Waals surface area contributed by atoms with Crippen LogP contribution in [0.5, 0.6) is 0 Å². The van der Waals surface area contributed by atoms with Gasteiger partial charge in [0, 0.05) is 16.2 Å². The topological polar surface area (TPSA) is 76.5 Å². The van der Waals surface area contributed by atoms with Crippen molar-refractivity contribution in [2.24, 2.45) is 0 Å². The molecular formula is C14H15BrN2O3S. The molecule has 1 aliphatic rings. The number of furan rings is 1. The molecule has 112 valence electrons. The van der Waals surface area contributed by atoms with E-state index in [4.69, 9.17) is 10.2 Å². The van der Waals surface area contributed by atoms with Crippen molar-refractivity contribution >= 4 is 31.6 Å². The van der Waals surface area contributed by atoms with Crippen LogP contribution in [0.1, 0.15) is 18.6 Å². The molecule has 0 bridgehead atoms. The third-order valence-corrected chi connectivity index (χ3v) is 6.26. The molecule has 0 amide bonds. The van der Waals surface area contributed by atoms with E-state index in [1.165, 1.54) is 10.4 Å².